The van der Waals surface area contributed by atoms with Gasteiger partial charge in [-0.15, -0.1) is 0 Å². The van der Waals surface area contributed by atoms with Crippen molar-refractivity contribution in [2.75, 3.05) is 33.3 Å². The minimum Gasteiger partial charge on any atom is -0.380 e. The molecule has 2 aliphatic rings. The molecule has 3 rings (SSSR count). The fraction of sp³-hybridized carbons (Fsp3) is 0.667. The highest BCUT2D eigenvalue weighted by Gasteiger charge is 2.31. The molecule has 1 unspecified atom stereocenters. The van der Waals surface area contributed by atoms with E-state index in [0.717, 1.165) is 51.0 Å². The van der Waals surface area contributed by atoms with Crippen molar-refractivity contribution in [1.29, 1.82) is 0 Å². The molecule has 0 spiro atoms. The van der Waals surface area contributed by atoms with E-state index in [1.165, 1.54) is 0 Å². The molecular formula is C15H22N2O2S. The lowest BCUT2D eigenvalue weighted by Crippen LogP contribution is -2.46. The zero-order chi connectivity index (χ0) is 13.9. The van der Waals surface area contributed by atoms with Crippen molar-refractivity contribution in [2.24, 2.45) is 0 Å². The Morgan fingerprint density at radius 2 is 2.10 bits per heavy atom. The summed E-state index contributed by atoms with van der Waals surface area (Å²) in [6.07, 6.45) is 3.73. The second-order valence-electron chi connectivity index (χ2n) is 5.68. The van der Waals surface area contributed by atoms with E-state index in [4.69, 9.17) is 4.74 Å². The molecule has 1 amide bonds. The van der Waals surface area contributed by atoms with E-state index in [9.17, 15) is 4.79 Å². The SMILES string of the molecule is COC1CCN(C2CCN(C(=O)c3ccsc3)CC2)C1. The number of methoxy groups -OCH3 is 1. The lowest BCUT2D eigenvalue weighted by molar-refractivity contribution is 0.0603. The predicted molar refractivity (Wildman–Crippen MR) is 80.2 cm³/mol. The summed E-state index contributed by atoms with van der Waals surface area (Å²) in [5.74, 6) is 0.195. The number of piperidine rings is 1. The topological polar surface area (TPSA) is 32.8 Å². The monoisotopic (exact) mass is 294 g/mol. The molecule has 1 aromatic rings. The Kier molecular flexibility index (Phi) is 4.38. The average Bonchev–Trinajstić information content (AvgIpc) is 3.18. The normalized spacial score (nSPS) is 25.2. The van der Waals surface area contributed by atoms with Crippen molar-refractivity contribution in [3.05, 3.63) is 22.4 Å². The molecule has 0 saturated carbocycles. The van der Waals surface area contributed by atoms with E-state index in [1.54, 1.807) is 18.4 Å². The Labute approximate surface area is 124 Å². The van der Waals surface area contributed by atoms with Crippen molar-refractivity contribution in [3.63, 3.8) is 0 Å². The van der Waals surface area contributed by atoms with Crippen LogP contribution in [-0.4, -0.2) is 61.1 Å². The zero-order valence-corrected chi connectivity index (χ0v) is 12.8. The molecule has 2 fully saturated rings. The first-order valence-electron chi connectivity index (χ1n) is 7.36. The summed E-state index contributed by atoms with van der Waals surface area (Å²) in [7, 11) is 1.80. The van der Waals surface area contributed by atoms with Gasteiger partial charge in [-0.25, -0.2) is 0 Å². The summed E-state index contributed by atoms with van der Waals surface area (Å²) in [6.45, 7) is 3.96. The molecular weight excluding hydrogens is 272 g/mol. The van der Waals surface area contributed by atoms with Crippen molar-refractivity contribution >= 4 is 17.2 Å². The first-order valence-corrected chi connectivity index (χ1v) is 8.30. The maximum atomic E-state index is 12.3. The summed E-state index contributed by atoms with van der Waals surface area (Å²) < 4.78 is 5.44. The van der Waals surface area contributed by atoms with Crippen molar-refractivity contribution in [2.45, 2.75) is 31.4 Å². The molecule has 20 heavy (non-hydrogen) atoms. The van der Waals surface area contributed by atoms with Gasteiger partial charge in [0.15, 0.2) is 0 Å². The molecule has 1 aromatic heterocycles. The lowest BCUT2D eigenvalue weighted by Gasteiger charge is -2.36. The number of ether oxygens (including phenoxy) is 1. The van der Waals surface area contributed by atoms with Gasteiger partial charge in [0, 0.05) is 44.7 Å². The molecule has 1 atom stereocenters. The fourth-order valence-corrected chi connectivity index (χ4v) is 3.91. The van der Waals surface area contributed by atoms with Crippen LogP contribution in [0.15, 0.2) is 16.8 Å². The maximum absolute atomic E-state index is 12.3. The van der Waals surface area contributed by atoms with Gasteiger partial charge in [0.1, 0.15) is 0 Å². The molecule has 2 aliphatic heterocycles. The molecule has 0 N–H and O–H groups in total. The summed E-state index contributed by atoms with van der Waals surface area (Å²) in [5, 5.41) is 3.91. The smallest absolute Gasteiger partial charge is 0.254 e. The van der Waals surface area contributed by atoms with Crippen molar-refractivity contribution in [3.8, 4) is 0 Å². The van der Waals surface area contributed by atoms with Crippen LogP contribution in [0.2, 0.25) is 0 Å². The highest BCUT2D eigenvalue weighted by Crippen LogP contribution is 2.23. The maximum Gasteiger partial charge on any atom is 0.254 e. The number of amides is 1. The molecule has 4 nitrogen and oxygen atoms in total. The lowest BCUT2D eigenvalue weighted by atomic mass is 10.0. The largest absolute Gasteiger partial charge is 0.380 e. The van der Waals surface area contributed by atoms with E-state index in [2.05, 4.69) is 4.90 Å². The highest BCUT2D eigenvalue weighted by molar-refractivity contribution is 7.08. The van der Waals surface area contributed by atoms with Gasteiger partial charge in [0.05, 0.1) is 11.7 Å². The molecule has 5 heteroatoms. The number of thiophene rings is 1. The minimum absolute atomic E-state index is 0.195. The Hall–Kier alpha value is -0.910. The van der Waals surface area contributed by atoms with Gasteiger partial charge in [0.25, 0.3) is 5.91 Å². The number of carbonyl (C=O) groups excluding carboxylic acids is 1. The van der Waals surface area contributed by atoms with Gasteiger partial charge in [-0.1, -0.05) is 0 Å². The van der Waals surface area contributed by atoms with E-state index in [1.807, 2.05) is 21.7 Å². The predicted octanol–water partition coefficient (Wildman–Crippen LogP) is 2.07. The van der Waals surface area contributed by atoms with Gasteiger partial charge >= 0.3 is 0 Å². The van der Waals surface area contributed by atoms with Crippen molar-refractivity contribution < 1.29 is 9.53 Å². The molecule has 2 saturated heterocycles. The minimum atomic E-state index is 0.195. The third-order valence-corrected chi connectivity index (χ3v) is 5.23. The van der Waals surface area contributed by atoms with Crippen LogP contribution < -0.4 is 0 Å². The third-order valence-electron chi connectivity index (χ3n) is 4.55. The van der Waals surface area contributed by atoms with Gasteiger partial charge in [-0.2, -0.15) is 11.3 Å². The summed E-state index contributed by atoms with van der Waals surface area (Å²) in [6, 6.07) is 2.55. The Bertz CT molecular complexity index is 441. The van der Waals surface area contributed by atoms with Crippen LogP contribution in [0.25, 0.3) is 0 Å². The average molecular weight is 294 g/mol. The summed E-state index contributed by atoms with van der Waals surface area (Å²) in [4.78, 5) is 16.8. The standard InChI is InChI=1S/C15H22N2O2S/c1-19-14-4-8-17(10-14)13-2-6-16(7-3-13)15(18)12-5-9-20-11-12/h5,9,11,13-14H,2-4,6-8,10H2,1H3. The van der Waals surface area contributed by atoms with Crippen LogP contribution in [-0.2, 0) is 4.74 Å². The summed E-state index contributed by atoms with van der Waals surface area (Å²) >= 11 is 1.59. The second kappa shape index (κ2) is 6.24. The van der Waals surface area contributed by atoms with Crippen LogP contribution >= 0.6 is 11.3 Å². The molecule has 0 radical (unpaired) electrons. The van der Waals surface area contributed by atoms with Crippen LogP contribution in [0.5, 0.6) is 0 Å². The van der Waals surface area contributed by atoms with Gasteiger partial charge in [0.2, 0.25) is 0 Å². The highest BCUT2D eigenvalue weighted by atomic mass is 32.1. The fourth-order valence-electron chi connectivity index (χ4n) is 3.28. The number of carbonyl (C=O) groups is 1. The number of rotatable bonds is 3. The number of likely N-dealkylation sites (tertiary alicyclic amines) is 2. The Balaban J connectivity index is 1.51. The molecule has 3 heterocycles. The quantitative estimate of drug-likeness (QED) is 0.855. The van der Waals surface area contributed by atoms with Gasteiger partial charge < -0.3 is 9.64 Å². The van der Waals surface area contributed by atoms with Crippen molar-refractivity contribution in [1.82, 2.24) is 9.80 Å². The molecule has 0 aromatic carbocycles. The van der Waals surface area contributed by atoms with Crippen LogP contribution in [0.3, 0.4) is 0 Å². The zero-order valence-electron chi connectivity index (χ0n) is 12.0. The van der Waals surface area contributed by atoms with Gasteiger partial charge in [-0.3, -0.25) is 9.69 Å². The van der Waals surface area contributed by atoms with Gasteiger partial charge in [-0.05, 0) is 30.7 Å². The first kappa shape index (κ1) is 14.0. The Morgan fingerprint density at radius 3 is 2.70 bits per heavy atom. The van der Waals surface area contributed by atoms with Crippen LogP contribution in [0, 0.1) is 0 Å². The van der Waals surface area contributed by atoms with E-state index < -0.39 is 0 Å². The molecule has 0 aliphatic carbocycles. The number of nitrogens with zero attached hydrogens (tertiary/aromatic N) is 2. The molecule has 110 valence electrons. The summed E-state index contributed by atoms with van der Waals surface area (Å²) in [5.41, 5.74) is 0.842. The number of hydrogen-bond acceptors (Lipinski definition) is 4. The van der Waals surface area contributed by atoms with E-state index in [0.29, 0.717) is 12.1 Å². The van der Waals surface area contributed by atoms with Crippen LogP contribution in [0.1, 0.15) is 29.6 Å². The Morgan fingerprint density at radius 1 is 1.30 bits per heavy atom. The second-order valence-corrected chi connectivity index (χ2v) is 6.46. The number of hydrogen-bond donors (Lipinski definition) is 0. The third kappa shape index (κ3) is 2.90. The first-order chi connectivity index (χ1) is 9.78. The van der Waals surface area contributed by atoms with E-state index in [-0.39, 0.29) is 5.91 Å². The molecule has 0 bridgehead atoms. The van der Waals surface area contributed by atoms with Crippen LogP contribution in [0.4, 0.5) is 0 Å². The van der Waals surface area contributed by atoms with E-state index >= 15 is 0 Å².